The lowest BCUT2D eigenvalue weighted by Crippen LogP contribution is -2.30. The number of nitrogens with one attached hydrogen (secondary N) is 1. The average molecular weight is 310 g/mol. The van der Waals surface area contributed by atoms with E-state index in [0.29, 0.717) is 33.7 Å². The number of nitrogens with two attached hydrogens (primary N) is 1. The highest BCUT2D eigenvalue weighted by Gasteiger charge is 2.23. The van der Waals surface area contributed by atoms with Crippen molar-refractivity contribution < 1.29 is 18.7 Å². The largest absolute Gasteiger partial charge is 0.379 e. The average Bonchev–Trinajstić information content (AvgIpc) is 3.12. The van der Waals surface area contributed by atoms with E-state index in [-0.39, 0.29) is 18.5 Å². The highest BCUT2D eigenvalue weighted by Crippen LogP contribution is 2.34. The zero-order valence-corrected chi connectivity index (χ0v) is 12.0. The van der Waals surface area contributed by atoms with Crippen LogP contribution in [0.25, 0.3) is 10.1 Å². The minimum absolute atomic E-state index is 0.0134. The number of hydrogen-bond donors (Lipinski definition) is 2. The summed E-state index contributed by atoms with van der Waals surface area (Å²) in [6.07, 6.45) is 0.795. The molecule has 1 fully saturated rings. The van der Waals surface area contributed by atoms with Gasteiger partial charge in [0.05, 0.1) is 19.3 Å². The van der Waals surface area contributed by atoms with E-state index in [1.54, 1.807) is 12.1 Å². The molecule has 3 N–H and O–H groups in total. The van der Waals surface area contributed by atoms with Crippen molar-refractivity contribution in [3.8, 4) is 0 Å². The van der Waals surface area contributed by atoms with Gasteiger partial charge in [0.1, 0.15) is 10.7 Å². The molecule has 1 aromatic carbocycles. The summed E-state index contributed by atoms with van der Waals surface area (Å²) in [6.45, 7) is 1.36. The van der Waals surface area contributed by atoms with Crippen LogP contribution in [0.1, 0.15) is 21.7 Å². The molecule has 21 heavy (non-hydrogen) atoms. The third-order valence-electron chi connectivity index (χ3n) is 3.45. The van der Waals surface area contributed by atoms with Gasteiger partial charge >= 0.3 is 0 Å². The number of carbonyl (C=O) groups excluding carboxylic acids is 1. The van der Waals surface area contributed by atoms with Gasteiger partial charge in [-0.05, 0) is 18.6 Å². The molecule has 0 radical (unpaired) electrons. The molecule has 1 aliphatic rings. The van der Waals surface area contributed by atoms with Crippen molar-refractivity contribution in [2.24, 2.45) is 5.84 Å². The summed E-state index contributed by atoms with van der Waals surface area (Å²) in [5, 5.41) is 0.431. The molecule has 7 heteroatoms. The van der Waals surface area contributed by atoms with E-state index < -0.39 is 5.91 Å². The Balaban J connectivity index is 1.97. The molecular formula is C14H15FN2O3S. The molecule has 1 atom stereocenters. The molecule has 3 rings (SSSR count). The molecule has 112 valence electrons. The SMILES string of the molecule is NNC(=O)c1sc2cccc(F)c2c1COC1CCOC1. The quantitative estimate of drug-likeness (QED) is 0.514. The smallest absolute Gasteiger partial charge is 0.275 e. The molecule has 1 unspecified atom stereocenters. The number of benzene rings is 1. The minimum atomic E-state index is -0.433. The summed E-state index contributed by atoms with van der Waals surface area (Å²) in [7, 11) is 0. The van der Waals surface area contributed by atoms with Gasteiger partial charge in [-0.25, -0.2) is 10.2 Å². The Kier molecular flexibility index (Phi) is 4.16. The molecular weight excluding hydrogens is 295 g/mol. The van der Waals surface area contributed by atoms with Gasteiger partial charge < -0.3 is 9.47 Å². The zero-order valence-electron chi connectivity index (χ0n) is 11.2. The number of hydrogen-bond acceptors (Lipinski definition) is 5. The lowest BCUT2D eigenvalue weighted by atomic mass is 10.1. The Labute approximate surface area is 124 Å². The first-order valence-corrected chi connectivity index (χ1v) is 7.42. The summed E-state index contributed by atoms with van der Waals surface area (Å²) in [5.41, 5.74) is 2.64. The molecule has 2 aromatic rings. The van der Waals surface area contributed by atoms with Gasteiger partial charge in [-0.1, -0.05) is 6.07 Å². The van der Waals surface area contributed by atoms with Crippen LogP contribution in [0, 0.1) is 5.82 Å². The lowest BCUT2D eigenvalue weighted by Gasteiger charge is -2.10. The molecule has 0 bridgehead atoms. The van der Waals surface area contributed by atoms with Gasteiger partial charge in [-0.2, -0.15) is 0 Å². The Morgan fingerprint density at radius 2 is 2.43 bits per heavy atom. The predicted octanol–water partition coefficient (Wildman–Crippen LogP) is 1.95. The highest BCUT2D eigenvalue weighted by molar-refractivity contribution is 7.21. The number of thiophene rings is 1. The first-order chi connectivity index (χ1) is 10.2. The maximum absolute atomic E-state index is 14.1. The minimum Gasteiger partial charge on any atom is -0.379 e. The van der Waals surface area contributed by atoms with Crippen molar-refractivity contribution in [3.05, 3.63) is 34.5 Å². The third kappa shape index (κ3) is 2.77. The fourth-order valence-electron chi connectivity index (χ4n) is 2.40. The van der Waals surface area contributed by atoms with Crippen molar-refractivity contribution in [3.63, 3.8) is 0 Å². The van der Waals surface area contributed by atoms with Crippen LogP contribution < -0.4 is 11.3 Å². The van der Waals surface area contributed by atoms with Gasteiger partial charge in [0, 0.05) is 22.3 Å². The lowest BCUT2D eigenvalue weighted by molar-refractivity contribution is 0.0320. The van der Waals surface area contributed by atoms with Gasteiger partial charge in [0.25, 0.3) is 5.91 Å². The van der Waals surface area contributed by atoms with Crippen molar-refractivity contribution >= 4 is 27.3 Å². The van der Waals surface area contributed by atoms with E-state index in [0.717, 1.165) is 6.42 Å². The number of nitrogen functional groups attached to an aromatic ring is 1. The molecule has 1 saturated heterocycles. The van der Waals surface area contributed by atoms with E-state index in [4.69, 9.17) is 15.3 Å². The van der Waals surface area contributed by atoms with Crippen LogP contribution in [-0.4, -0.2) is 25.2 Å². The second-order valence-electron chi connectivity index (χ2n) is 4.79. The van der Waals surface area contributed by atoms with Crippen LogP contribution in [0.2, 0.25) is 0 Å². The number of carbonyl (C=O) groups is 1. The maximum atomic E-state index is 14.1. The van der Waals surface area contributed by atoms with Gasteiger partial charge in [0.15, 0.2) is 0 Å². The Bertz CT molecular complexity index is 668. The second kappa shape index (κ2) is 6.07. The van der Waals surface area contributed by atoms with Crippen molar-refractivity contribution in [1.82, 2.24) is 5.43 Å². The summed E-state index contributed by atoms with van der Waals surface area (Å²) in [4.78, 5) is 12.3. The van der Waals surface area contributed by atoms with Crippen LogP contribution in [0.5, 0.6) is 0 Å². The monoisotopic (exact) mass is 310 g/mol. The van der Waals surface area contributed by atoms with Crippen LogP contribution >= 0.6 is 11.3 Å². The summed E-state index contributed by atoms with van der Waals surface area (Å²) < 4.78 is 25.8. The Morgan fingerprint density at radius 1 is 1.57 bits per heavy atom. The van der Waals surface area contributed by atoms with E-state index in [1.165, 1.54) is 17.4 Å². The number of rotatable bonds is 4. The topological polar surface area (TPSA) is 73.6 Å². The molecule has 0 saturated carbocycles. The summed E-state index contributed by atoms with van der Waals surface area (Å²) in [6, 6.07) is 4.77. The van der Waals surface area contributed by atoms with Gasteiger partial charge in [-0.3, -0.25) is 10.2 Å². The molecule has 2 heterocycles. The number of ether oxygens (including phenoxy) is 2. The predicted molar refractivity (Wildman–Crippen MR) is 77.4 cm³/mol. The third-order valence-corrected chi connectivity index (χ3v) is 4.65. The van der Waals surface area contributed by atoms with Crippen molar-refractivity contribution in [2.45, 2.75) is 19.1 Å². The molecule has 1 aromatic heterocycles. The number of amides is 1. The van der Waals surface area contributed by atoms with Crippen molar-refractivity contribution in [1.29, 1.82) is 0 Å². The van der Waals surface area contributed by atoms with Crippen LogP contribution in [0.15, 0.2) is 18.2 Å². The van der Waals surface area contributed by atoms with E-state index in [2.05, 4.69) is 5.43 Å². The first kappa shape index (κ1) is 14.4. The maximum Gasteiger partial charge on any atom is 0.275 e. The highest BCUT2D eigenvalue weighted by atomic mass is 32.1. The molecule has 1 aliphatic heterocycles. The molecule has 0 spiro atoms. The summed E-state index contributed by atoms with van der Waals surface area (Å²) >= 11 is 1.21. The molecule has 0 aliphatic carbocycles. The molecule has 5 nitrogen and oxygen atoms in total. The van der Waals surface area contributed by atoms with E-state index >= 15 is 0 Å². The van der Waals surface area contributed by atoms with Gasteiger partial charge in [0.2, 0.25) is 0 Å². The zero-order chi connectivity index (χ0) is 14.8. The number of hydrazine groups is 1. The molecule has 1 amide bonds. The van der Waals surface area contributed by atoms with Gasteiger partial charge in [-0.15, -0.1) is 11.3 Å². The standard InChI is InChI=1S/C14H15FN2O3S/c15-10-2-1-3-11-12(10)9(13(21-11)14(18)17-16)7-20-8-4-5-19-6-8/h1-3,8H,4-7,16H2,(H,17,18). The Morgan fingerprint density at radius 3 is 3.14 bits per heavy atom. The Hall–Kier alpha value is -1.54. The fraction of sp³-hybridized carbons (Fsp3) is 0.357. The summed E-state index contributed by atoms with van der Waals surface area (Å²) in [5.74, 6) is 4.41. The normalized spacial score (nSPS) is 18.3. The van der Waals surface area contributed by atoms with Crippen molar-refractivity contribution in [2.75, 3.05) is 13.2 Å². The van der Waals surface area contributed by atoms with E-state index in [9.17, 15) is 9.18 Å². The van der Waals surface area contributed by atoms with Crippen LogP contribution in [0.3, 0.4) is 0 Å². The van der Waals surface area contributed by atoms with Crippen LogP contribution in [-0.2, 0) is 16.1 Å². The first-order valence-electron chi connectivity index (χ1n) is 6.61. The second-order valence-corrected chi connectivity index (χ2v) is 5.84. The van der Waals surface area contributed by atoms with E-state index in [1.807, 2.05) is 0 Å². The number of fused-ring (bicyclic) bond motifs is 1. The fourth-order valence-corrected chi connectivity index (χ4v) is 3.52. The number of halogens is 1. The van der Waals surface area contributed by atoms with Crippen LogP contribution in [0.4, 0.5) is 4.39 Å².